The van der Waals surface area contributed by atoms with Crippen LogP contribution in [0.1, 0.15) is 27.9 Å². The van der Waals surface area contributed by atoms with Gasteiger partial charge < -0.3 is 0 Å². The van der Waals surface area contributed by atoms with Crippen molar-refractivity contribution in [3.63, 3.8) is 0 Å². The fourth-order valence-corrected chi connectivity index (χ4v) is 5.03. The van der Waals surface area contributed by atoms with Crippen LogP contribution in [0.2, 0.25) is 19.6 Å². The first-order valence-corrected chi connectivity index (χ1v) is 10.1. The molecule has 0 bridgehead atoms. The van der Waals surface area contributed by atoms with Crippen molar-refractivity contribution in [1.29, 1.82) is 0 Å². The molecule has 0 amide bonds. The summed E-state index contributed by atoms with van der Waals surface area (Å²) in [6.45, 7) is 7.09. The van der Waals surface area contributed by atoms with Gasteiger partial charge in [-0.1, -0.05) is 56.0 Å². The third kappa shape index (κ3) is 1.63. The molecule has 1 atom stereocenters. The lowest BCUT2D eigenvalue weighted by Crippen LogP contribution is -2.29. The highest BCUT2D eigenvalue weighted by Gasteiger charge is 2.38. The van der Waals surface area contributed by atoms with Gasteiger partial charge in [0.25, 0.3) is 0 Å². The Bertz CT molecular complexity index is 637. The fraction of sp³-hybridized carbons (Fsp3) is 0.312. The van der Waals surface area contributed by atoms with E-state index in [0.29, 0.717) is 11.3 Å². The van der Waals surface area contributed by atoms with Gasteiger partial charge in [0.15, 0.2) is 5.78 Å². The first-order chi connectivity index (χ1) is 8.48. The van der Waals surface area contributed by atoms with Crippen molar-refractivity contribution in [1.82, 2.24) is 0 Å². The first kappa shape index (κ1) is 11.7. The van der Waals surface area contributed by atoms with Gasteiger partial charge in [0.05, 0.1) is 8.07 Å². The van der Waals surface area contributed by atoms with E-state index >= 15 is 0 Å². The molecule has 2 heteroatoms. The number of carbonyl (C=O) groups excluding carboxylic acids is 1. The van der Waals surface area contributed by atoms with Crippen LogP contribution in [0, 0.1) is 0 Å². The molecule has 1 unspecified atom stereocenters. The summed E-state index contributed by atoms with van der Waals surface area (Å²) in [5.74, 6) is 0.336. The summed E-state index contributed by atoms with van der Waals surface area (Å²) in [5, 5.41) is 2.54. The number of benzene rings is 2. The Morgan fingerprint density at radius 3 is 2.50 bits per heavy atom. The second kappa shape index (κ2) is 3.79. The van der Waals surface area contributed by atoms with Crippen molar-refractivity contribution in [2.75, 3.05) is 0 Å². The van der Waals surface area contributed by atoms with Gasteiger partial charge in [0.1, 0.15) is 0 Å². The molecule has 0 saturated carbocycles. The monoisotopic (exact) mass is 254 g/mol. The maximum atomic E-state index is 12.2. The average molecular weight is 254 g/mol. The summed E-state index contributed by atoms with van der Waals surface area (Å²) in [6.07, 6.45) is 0.721. The molecule has 1 nitrogen and oxygen atoms in total. The molecular formula is C16H18OSi. The van der Waals surface area contributed by atoms with Crippen LogP contribution >= 0.6 is 0 Å². The number of carbonyl (C=O) groups is 1. The van der Waals surface area contributed by atoms with E-state index in [1.54, 1.807) is 0 Å². The van der Waals surface area contributed by atoms with Gasteiger partial charge in [0.2, 0.25) is 0 Å². The molecule has 0 saturated heterocycles. The second-order valence-electron chi connectivity index (χ2n) is 6.29. The number of rotatable bonds is 1. The Hall–Kier alpha value is -1.41. The summed E-state index contributed by atoms with van der Waals surface area (Å²) < 4.78 is 0. The minimum atomic E-state index is -1.36. The maximum Gasteiger partial charge on any atom is 0.163 e. The zero-order valence-corrected chi connectivity index (χ0v) is 12.2. The van der Waals surface area contributed by atoms with Gasteiger partial charge in [-0.05, 0) is 21.9 Å². The lowest BCUT2D eigenvalue weighted by Gasteiger charge is -2.26. The summed E-state index contributed by atoms with van der Waals surface area (Å²) in [5.41, 5.74) is 2.78. The van der Waals surface area contributed by atoms with Crippen molar-refractivity contribution in [2.45, 2.75) is 31.6 Å². The molecule has 0 radical (unpaired) electrons. The first-order valence-electron chi connectivity index (χ1n) is 6.53. The fourth-order valence-electron chi connectivity index (χ4n) is 3.05. The molecule has 92 valence electrons. The molecule has 2 aromatic rings. The smallest absolute Gasteiger partial charge is 0.163 e. The highest BCUT2D eigenvalue weighted by molar-refractivity contribution is 6.78. The highest BCUT2D eigenvalue weighted by Crippen LogP contribution is 2.43. The topological polar surface area (TPSA) is 17.1 Å². The molecule has 0 N–H and O–H groups in total. The molecule has 1 aliphatic carbocycles. The zero-order valence-electron chi connectivity index (χ0n) is 11.2. The van der Waals surface area contributed by atoms with Gasteiger partial charge in [-0.15, -0.1) is 0 Å². The molecular weight excluding hydrogens is 236 g/mol. The molecule has 2 aromatic carbocycles. The lowest BCUT2D eigenvalue weighted by molar-refractivity contribution is 0.0993. The van der Waals surface area contributed by atoms with Crippen molar-refractivity contribution in [3.8, 4) is 0 Å². The van der Waals surface area contributed by atoms with E-state index < -0.39 is 8.07 Å². The Labute approximate surface area is 109 Å². The SMILES string of the molecule is C[Si](C)(C)C1CC(=O)c2ccc3ccccc3c21. The largest absolute Gasteiger partial charge is 0.294 e. The van der Waals surface area contributed by atoms with Crippen molar-refractivity contribution < 1.29 is 4.79 Å². The third-order valence-corrected chi connectivity index (χ3v) is 6.64. The van der Waals surface area contributed by atoms with Gasteiger partial charge in [-0.2, -0.15) is 0 Å². The standard InChI is InChI=1S/C16H18OSi/c1-18(2,3)15-10-14(17)13-9-8-11-6-4-5-7-12(11)16(13)15/h4-9,15H,10H2,1-3H3. The summed E-state index contributed by atoms with van der Waals surface area (Å²) in [7, 11) is -1.36. The number of Topliss-reactive ketones (excluding diaryl/α,β-unsaturated/α-hetero) is 1. The third-order valence-electron chi connectivity index (χ3n) is 4.05. The number of fused-ring (bicyclic) bond motifs is 3. The van der Waals surface area contributed by atoms with Crippen molar-refractivity contribution in [3.05, 3.63) is 47.5 Å². The van der Waals surface area contributed by atoms with Crippen LogP contribution in [0.25, 0.3) is 10.8 Å². The molecule has 0 aliphatic heterocycles. The van der Waals surface area contributed by atoms with Crippen LogP contribution in [-0.2, 0) is 0 Å². The molecule has 1 aliphatic rings. The van der Waals surface area contributed by atoms with E-state index in [1.165, 1.54) is 16.3 Å². The van der Waals surface area contributed by atoms with E-state index in [4.69, 9.17) is 0 Å². The Morgan fingerprint density at radius 1 is 1.06 bits per heavy atom. The van der Waals surface area contributed by atoms with Gasteiger partial charge >= 0.3 is 0 Å². The molecule has 0 spiro atoms. The summed E-state index contributed by atoms with van der Waals surface area (Å²) in [4.78, 5) is 12.2. The van der Waals surface area contributed by atoms with Crippen LogP contribution in [0.4, 0.5) is 0 Å². The van der Waals surface area contributed by atoms with E-state index in [2.05, 4.69) is 50.0 Å². The minimum absolute atomic E-state index is 0.336. The van der Waals surface area contributed by atoms with Crippen LogP contribution in [-0.4, -0.2) is 13.9 Å². The van der Waals surface area contributed by atoms with Crippen LogP contribution < -0.4 is 0 Å². The van der Waals surface area contributed by atoms with Gasteiger partial charge in [0, 0.05) is 12.0 Å². The zero-order chi connectivity index (χ0) is 12.9. The predicted molar refractivity (Wildman–Crippen MR) is 79.0 cm³/mol. The molecule has 3 rings (SSSR count). The normalized spacial score (nSPS) is 19.3. The van der Waals surface area contributed by atoms with Crippen LogP contribution in [0.3, 0.4) is 0 Å². The van der Waals surface area contributed by atoms with Crippen molar-refractivity contribution >= 4 is 24.6 Å². The minimum Gasteiger partial charge on any atom is -0.294 e. The number of hydrogen-bond donors (Lipinski definition) is 0. The van der Waals surface area contributed by atoms with Gasteiger partial charge in [-0.25, -0.2) is 0 Å². The Balaban J connectivity index is 2.34. The van der Waals surface area contributed by atoms with Crippen LogP contribution in [0.15, 0.2) is 36.4 Å². The van der Waals surface area contributed by atoms with Gasteiger partial charge in [-0.3, -0.25) is 4.79 Å². The lowest BCUT2D eigenvalue weighted by atomic mass is 10.0. The van der Waals surface area contributed by atoms with E-state index in [1.807, 2.05) is 6.07 Å². The number of hydrogen-bond acceptors (Lipinski definition) is 1. The average Bonchev–Trinajstić information content (AvgIpc) is 2.67. The van der Waals surface area contributed by atoms with E-state index in [9.17, 15) is 4.79 Å². The summed E-state index contributed by atoms with van der Waals surface area (Å²) in [6, 6.07) is 12.6. The Kier molecular flexibility index (Phi) is 2.46. The molecule has 0 heterocycles. The van der Waals surface area contributed by atoms with E-state index in [0.717, 1.165) is 12.0 Å². The van der Waals surface area contributed by atoms with Crippen LogP contribution in [0.5, 0.6) is 0 Å². The highest BCUT2D eigenvalue weighted by atomic mass is 28.3. The molecule has 0 aromatic heterocycles. The predicted octanol–water partition coefficient (Wildman–Crippen LogP) is 4.39. The quantitative estimate of drug-likeness (QED) is 0.690. The Morgan fingerprint density at radius 2 is 1.78 bits per heavy atom. The van der Waals surface area contributed by atoms with Crippen molar-refractivity contribution in [2.24, 2.45) is 0 Å². The molecule has 0 fully saturated rings. The molecule has 18 heavy (non-hydrogen) atoms. The summed E-state index contributed by atoms with van der Waals surface area (Å²) >= 11 is 0. The number of ketones is 1. The van der Waals surface area contributed by atoms with E-state index in [-0.39, 0.29) is 0 Å². The maximum absolute atomic E-state index is 12.2. The second-order valence-corrected chi connectivity index (χ2v) is 11.7.